The maximum Gasteiger partial charge on any atom is 0.190 e. The maximum absolute atomic E-state index is 9.77. The molecule has 0 unspecified atom stereocenters. The van der Waals surface area contributed by atoms with E-state index >= 15 is 0 Å². The van der Waals surface area contributed by atoms with E-state index in [1.807, 2.05) is 0 Å². The van der Waals surface area contributed by atoms with Crippen molar-refractivity contribution in [1.29, 1.82) is 0 Å². The highest BCUT2D eigenvalue weighted by Crippen LogP contribution is 2.39. The molecular formula is C13H20O6. The summed E-state index contributed by atoms with van der Waals surface area (Å²) in [5, 5.41) is 18.8. The largest absolute Gasteiger partial charge is 0.394 e. The van der Waals surface area contributed by atoms with E-state index in [0.717, 1.165) is 0 Å². The van der Waals surface area contributed by atoms with Crippen molar-refractivity contribution in [2.45, 2.75) is 57.3 Å². The van der Waals surface area contributed by atoms with Crippen molar-refractivity contribution in [2.24, 2.45) is 0 Å². The Labute approximate surface area is 112 Å². The van der Waals surface area contributed by atoms with Crippen LogP contribution in [0.25, 0.3) is 0 Å². The van der Waals surface area contributed by atoms with Gasteiger partial charge in [0.25, 0.3) is 0 Å². The molecule has 0 bridgehead atoms. The van der Waals surface area contributed by atoms with Gasteiger partial charge >= 0.3 is 0 Å². The molecule has 2 aliphatic rings. The number of hydrogen-bond acceptors (Lipinski definition) is 6. The third-order valence-corrected chi connectivity index (χ3v) is 3.12. The van der Waals surface area contributed by atoms with Crippen LogP contribution in [0.5, 0.6) is 0 Å². The van der Waals surface area contributed by atoms with Crippen molar-refractivity contribution in [3.63, 3.8) is 0 Å². The normalized spacial score (nSPS) is 37.5. The smallest absolute Gasteiger partial charge is 0.190 e. The van der Waals surface area contributed by atoms with Gasteiger partial charge in [0.05, 0.1) is 6.61 Å². The van der Waals surface area contributed by atoms with Gasteiger partial charge in [0, 0.05) is 0 Å². The number of aliphatic hydroxyl groups excluding tert-OH is 2. The van der Waals surface area contributed by atoms with Crippen LogP contribution in [0.15, 0.2) is 0 Å². The fraction of sp³-hybridized carbons (Fsp3) is 0.846. The molecule has 2 rings (SSSR count). The van der Waals surface area contributed by atoms with E-state index in [4.69, 9.17) is 24.1 Å². The highest BCUT2D eigenvalue weighted by Gasteiger charge is 2.56. The lowest BCUT2D eigenvalue weighted by molar-refractivity contribution is -0.230. The fourth-order valence-corrected chi connectivity index (χ4v) is 2.32. The molecule has 2 heterocycles. The summed E-state index contributed by atoms with van der Waals surface area (Å²) >= 11 is 0. The second-order valence-electron chi connectivity index (χ2n) is 5.02. The number of ether oxygens (including phenoxy) is 4. The molecule has 6 nitrogen and oxygen atoms in total. The minimum absolute atomic E-state index is 0.214. The number of hydrogen-bond donors (Lipinski definition) is 2. The Kier molecular flexibility index (Phi) is 4.46. The Morgan fingerprint density at radius 1 is 1.37 bits per heavy atom. The molecule has 0 aromatic rings. The Bertz CT molecular complexity index is 371. The second kappa shape index (κ2) is 5.75. The van der Waals surface area contributed by atoms with Gasteiger partial charge < -0.3 is 29.2 Å². The molecule has 0 aromatic heterocycles. The van der Waals surface area contributed by atoms with Gasteiger partial charge in [-0.2, -0.15) is 0 Å². The fourth-order valence-electron chi connectivity index (χ4n) is 2.32. The minimum atomic E-state index is -1.04. The van der Waals surface area contributed by atoms with E-state index in [9.17, 15) is 5.11 Å². The Morgan fingerprint density at radius 2 is 2.11 bits per heavy atom. The standard InChI is InChI=1S/C13H20O6/c1-4-5-6-16-10-9(8(15)7-14)17-12-11(10)18-13(2,3)19-12/h8-12,14-15H,6-7H2,1-3H3/t8-,9-,10+,11-,12-/m1/s1. The summed E-state index contributed by atoms with van der Waals surface area (Å²) in [7, 11) is 0. The molecule has 0 aromatic carbocycles. The summed E-state index contributed by atoms with van der Waals surface area (Å²) in [6.45, 7) is 5.10. The molecule has 2 N–H and O–H groups in total. The molecule has 2 aliphatic heterocycles. The van der Waals surface area contributed by atoms with E-state index in [1.54, 1.807) is 20.8 Å². The van der Waals surface area contributed by atoms with Crippen molar-refractivity contribution in [3.05, 3.63) is 0 Å². The van der Waals surface area contributed by atoms with Crippen molar-refractivity contribution in [1.82, 2.24) is 0 Å². The van der Waals surface area contributed by atoms with Gasteiger partial charge in [-0.1, -0.05) is 5.92 Å². The zero-order valence-electron chi connectivity index (χ0n) is 11.3. The Hall–Kier alpha value is -0.680. The number of rotatable bonds is 4. The molecule has 0 amide bonds. The van der Waals surface area contributed by atoms with Crippen LogP contribution >= 0.6 is 0 Å². The Morgan fingerprint density at radius 3 is 2.74 bits per heavy atom. The molecule has 0 saturated carbocycles. The van der Waals surface area contributed by atoms with Gasteiger partial charge in [0.1, 0.15) is 31.0 Å². The zero-order chi connectivity index (χ0) is 14.0. The van der Waals surface area contributed by atoms with Crippen LogP contribution in [0.2, 0.25) is 0 Å². The van der Waals surface area contributed by atoms with Gasteiger partial charge in [-0.05, 0) is 20.8 Å². The van der Waals surface area contributed by atoms with Crippen LogP contribution in [0.4, 0.5) is 0 Å². The van der Waals surface area contributed by atoms with Crippen LogP contribution in [0.3, 0.4) is 0 Å². The first kappa shape index (κ1) is 14.7. The summed E-state index contributed by atoms with van der Waals surface area (Å²) in [6.07, 6.45) is -3.27. The highest BCUT2D eigenvalue weighted by atomic mass is 16.8. The topological polar surface area (TPSA) is 77.4 Å². The van der Waals surface area contributed by atoms with E-state index in [-0.39, 0.29) is 6.61 Å². The second-order valence-corrected chi connectivity index (χ2v) is 5.02. The van der Waals surface area contributed by atoms with Gasteiger partial charge in [-0.25, -0.2) is 0 Å². The monoisotopic (exact) mass is 272 g/mol. The average molecular weight is 272 g/mol. The molecule has 0 aliphatic carbocycles. The third kappa shape index (κ3) is 3.08. The predicted octanol–water partition coefficient (Wildman–Crippen LogP) is -0.376. The van der Waals surface area contributed by atoms with Gasteiger partial charge in [0.15, 0.2) is 12.1 Å². The molecule has 5 atom stereocenters. The summed E-state index contributed by atoms with van der Waals surface area (Å²) < 4.78 is 22.5. The zero-order valence-corrected chi connectivity index (χ0v) is 11.3. The van der Waals surface area contributed by atoms with Crippen molar-refractivity contribution < 1.29 is 29.2 Å². The summed E-state index contributed by atoms with van der Waals surface area (Å²) in [5.74, 6) is 4.76. The van der Waals surface area contributed by atoms with Crippen LogP contribution in [0, 0.1) is 11.8 Å². The lowest BCUT2D eigenvalue weighted by atomic mass is 10.1. The predicted molar refractivity (Wildman–Crippen MR) is 65.0 cm³/mol. The molecule has 0 radical (unpaired) electrons. The number of fused-ring (bicyclic) bond motifs is 1. The lowest BCUT2D eigenvalue weighted by Gasteiger charge is -2.27. The summed E-state index contributed by atoms with van der Waals surface area (Å²) in [5.41, 5.74) is 0. The average Bonchev–Trinajstić information content (AvgIpc) is 2.82. The lowest BCUT2D eigenvalue weighted by Crippen LogP contribution is -2.44. The molecule has 2 fully saturated rings. The van der Waals surface area contributed by atoms with E-state index in [0.29, 0.717) is 0 Å². The van der Waals surface area contributed by atoms with Gasteiger partial charge in [-0.3, -0.25) is 0 Å². The first-order valence-corrected chi connectivity index (χ1v) is 6.29. The van der Waals surface area contributed by atoms with Crippen molar-refractivity contribution >= 4 is 0 Å². The molecule has 2 saturated heterocycles. The SMILES string of the molecule is CC#CCO[C@@H]1[C@H]2OC(C)(C)O[C@H]2O[C@@H]1[C@H](O)CO. The summed E-state index contributed by atoms with van der Waals surface area (Å²) in [4.78, 5) is 0. The molecule has 0 spiro atoms. The van der Waals surface area contributed by atoms with E-state index in [1.165, 1.54) is 0 Å². The molecule has 6 heteroatoms. The molecule has 19 heavy (non-hydrogen) atoms. The third-order valence-electron chi connectivity index (χ3n) is 3.12. The minimum Gasteiger partial charge on any atom is -0.394 e. The van der Waals surface area contributed by atoms with Crippen LogP contribution in [0.1, 0.15) is 20.8 Å². The van der Waals surface area contributed by atoms with Crippen molar-refractivity contribution in [3.8, 4) is 11.8 Å². The van der Waals surface area contributed by atoms with Crippen LogP contribution in [-0.4, -0.2) is 59.9 Å². The first-order valence-electron chi connectivity index (χ1n) is 6.29. The molecular weight excluding hydrogens is 252 g/mol. The van der Waals surface area contributed by atoms with Gasteiger partial charge in [0.2, 0.25) is 0 Å². The number of aliphatic hydroxyl groups is 2. The van der Waals surface area contributed by atoms with Crippen LogP contribution in [-0.2, 0) is 18.9 Å². The quantitative estimate of drug-likeness (QED) is 0.680. The first-order chi connectivity index (χ1) is 8.98. The molecule has 108 valence electrons. The summed E-state index contributed by atoms with van der Waals surface area (Å²) in [6, 6.07) is 0. The van der Waals surface area contributed by atoms with E-state index in [2.05, 4.69) is 11.8 Å². The van der Waals surface area contributed by atoms with Crippen molar-refractivity contribution in [2.75, 3.05) is 13.2 Å². The van der Waals surface area contributed by atoms with Gasteiger partial charge in [-0.15, -0.1) is 5.92 Å². The Balaban J connectivity index is 2.08. The highest BCUT2D eigenvalue weighted by molar-refractivity contribution is 5.00. The van der Waals surface area contributed by atoms with E-state index < -0.39 is 43.1 Å². The maximum atomic E-state index is 9.77. The van der Waals surface area contributed by atoms with Crippen LogP contribution < -0.4 is 0 Å².